The van der Waals surface area contributed by atoms with Gasteiger partial charge >= 0.3 is 0 Å². The molecule has 66 valence electrons. The van der Waals surface area contributed by atoms with Crippen LogP contribution in [-0.2, 0) is 9.53 Å². The number of methoxy groups -OCH3 is 1. The van der Waals surface area contributed by atoms with E-state index in [4.69, 9.17) is 0 Å². The summed E-state index contributed by atoms with van der Waals surface area (Å²) in [6, 6.07) is 0. The Morgan fingerprint density at radius 3 is 3.25 bits per heavy atom. The molecule has 0 spiro atoms. The number of ether oxygens (including phenoxy) is 1. The number of aromatic amines is 1. The van der Waals surface area contributed by atoms with Crippen molar-refractivity contribution in [1.29, 1.82) is 0 Å². The molecule has 0 saturated carbocycles. The summed E-state index contributed by atoms with van der Waals surface area (Å²) in [6.45, 7) is 0.174. The second-order valence-corrected chi connectivity index (χ2v) is 3.12. The Kier molecular flexibility index (Phi) is 3.83. The Bertz CT molecular complexity index is 236. The SMILES string of the molecule is COCC(=O)CSc1ncc[nH]1. The number of hydrogen-bond donors (Lipinski definition) is 1. The van der Waals surface area contributed by atoms with Gasteiger partial charge in [-0.25, -0.2) is 4.98 Å². The molecule has 0 bridgehead atoms. The lowest BCUT2D eigenvalue weighted by Gasteiger charge is -1.96. The molecule has 0 radical (unpaired) electrons. The minimum Gasteiger partial charge on any atom is -0.377 e. The van der Waals surface area contributed by atoms with Crippen molar-refractivity contribution in [2.24, 2.45) is 0 Å². The topological polar surface area (TPSA) is 55.0 Å². The van der Waals surface area contributed by atoms with Crippen LogP contribution < -0.4 is 0 Å². The standard InChI is InChI=1S/C7H10N2O2S/c1-11-4-6(10)5-12-7-8-2-3-9-7/h2-3H,4-5H2,1H3,(H,8,9). The fraction of sp³-hybridized carbons (Fsp3) is 0.429. The van der Waals surface area contributed by atoms with E-state index in [0.717, 1.165) is 5.16 Å². The van der Waals surface area contributed by atoms with Crippen LogP contribution in [0.1, 0.15) is 0 Å². The minimum absolute atomic E-state index is 0.0684. The summed E-state index contributed by atoms with van der Waals surface area (Å²) in [5, 5.41) is 0.763. The fourth-order valence-corrected chi connectivity index (χ4v) is 1.35. The van der Waals surface area contributed by atoms with Crippen LogP contribution in [-0.4, -0.2) is 35.2 Å². The van der Waals surface area contributed by atoms with Gasteiger partial charge in [-0.3, -0.25) is 4.79 Å². The van der Waals surface area contributed by atoms with Crippen LogP contribution in [0, 0.1) is 0 Å². The zero-order valence-corrected chi connectivity index (χ0v) is 7.56. The lowest BCUT2D eigenvalue weighted by atomic mass is 10.5. The van der Waals surface area contributed by atoms with Crippen molar-refractivity contribution in [1.82, 2.24) is 9.97 Å². The number of thioether (sulfide) groups is 1. The first-order valence-corrected chi connectivity index (χ1v) is 4.44. The number of aromatic nitrogens is 2. The Labute approximate surface area is 74.7 Å². The Balaban J connectivity index is 2.22. The van der Waals surface area contributed by atoms with Crippen molar-refractivity contribution in [2.75, 3.05) is 19.5 Å². The van der Waals surface area contributed by atoms with E-state index in [2.05, 4.69) is 14.7 Å². The van der Waals surface area contributed by atoms with Gasteiger partial charge in [-0.15, -0.1) is 0 Å². The van der Waals surface area contributed by atoms with Crippen molar-refractivity contribution in [3.05, 3.63) is 12.4 Å². The van der Waals surface area contributed by atoms with E-state index in [1.807, 2.05) is 0 Å². The highest BCUT2D eigenvalue weighted by molar-refractivity contribution is 7.99. The number of hydrogen-bond acceptors (Lipinski definition) is 4. The summed E-state index contributed by atoms with van der Waals surface area (Å²) < 4.78 is 4.68. The Morgan fingerprint density at radius 2 is 2.67 bits per heavy atom. The smallest absolute Gasteiger partial charge is 0.168 e. The number of H-pyrrole nitrogens is 1. The Morgan fingerprint density at radius 1 is 1.83 bits per heavy atom. The van der Waals surface area contributed by atoms with Crippen LogP contribution in [0.3, 0.4) is 0 Å². The normalized spacial score (nSPS) is 10.1. The molecule has 0 amide bonds. The molecule has 12 heavy (non-hydrogen) atoms. The van der Waals surface area contributed by atoms with Gasteiger partial charge < -0.3 is 9.72 Å². The van der Waals surface area contributed by atoms with E-state index in [0.29, 0.717) is 5.75 Å². The number of ketones is 1. The fourth-order valence-electron chi connectivity index (χ4n) is 0.681. The molecule has 1 heterocycles. The second-order valence-electron chi connectivity index (χ2n) is 2.15. The molecule has 1 rings (SSSR count). The predicted molar refractivity (Wildman–Crippen MR) is 46.2 cm³/mol. The molecule has 0 fully saturated rings. The summed E-state index contributed by atoms with van der Waals surface area (Å²) in [7, 11) is 1.51. The minimum atomic E-state index is 0.0684. The molecule has 4 nitrogen and oxygen atoms in total. The highest BCUT2D eigenvalue weighted by Gasteiger charge is 2.02. The molecule has 0 aliphatic heterocycles. The summed E-state index contributed by atoms with van der Waals surface area (Å²) in [4.78, 5) is 17.8. The first-order chi connectivity index (χ1) is 5.83. The molecular weight excluding hydrogens is 176 g/mol. The molecule has 1 aromatic heterocycles. The third kappa shape index (κ3) is 3.06. The summed E-state index contributed by atoms with van der Waals surface area (Å²) in [5.74, 6) is 0.473. The molecule has 0 aromatic carbocycles. The zero-order chi connectivity index (χ0) is 8.81. The van der Waals surface area contributed by atoms with Gasteiger partial charge in [0.25, 0.3) is 0 Å². The molecule has 5 heteroatoms. The number of carbonyl (C=O) groups is 1. The first-order valence-electron chi connectivity index (χ1n) is 3.45. The quantitative estimate of drug-likeness (QED) is 0.688. The number of carbonyl (C=O) groups excluding carboxylic acids is 1. The maximum absolute atomic E-state index is 11.0. The van der Waals surface area contributed by atoms with Gasteiger partial charge in [-0.1, -0.05) is 11.8 Å². The van der Waals surface area contributed by atoms with Crippen LogP contribution in [0.4, 0.5) is 0 Å². The van der Waals surface area contributed by atoms with Gasteiger partial charge in [0.15, 0.2) is 10.9 Å². The van der Waals surface area contributed by atoms with Crippen molar-refractivity contribution in [3.63, 3.8) is 0 Å². The third-order valence-corrected chi connectivity index (χ3v) is 2.11. The number of imidazole rings is 1. The monoisotopic (exact) mass is 186 g/mol. The van der Waals surface area contributed by atoms with Gasteiger partial charge in [0.2, 0.25) is 0 Å². The van der Waals surface area contributed by atoms with Gasteiger partial charge in [0.05, 0.1) is 5.75 Å². The van der Waals surface area contributed by atoms with Gasteiger partial charge in [-0.2, -0.15) is 0 Å². The predicted octanol–water partition coefficient (Wildman–Crippen LogP) is 0.717. The van der Waals surface area contributed by atoms with Crippen LogP contribution in [0.5, 0.6) is 0 Å². The molecule has 0 atom stereocenters. The maximum atomic E-state index is 11.0. The highest BCUT2D eigenvalue weighted by atomic mass is 32.2. The Hall–Kier alpha value is -0.810. The van der Waals surface area contributed by atoms with Gasteiger partial charge in [0.1, 0.15) is 6.61 Å². The van der Waals surface area contributed by atoms with Crippen LogP contribution in [0.15, 0.2) is 17.6 Å². The van der Waals surface area contributed by atoms with E-state index < -0.39 is 0 Å². The van der Waals surface area contributed by atoms with Crippen LogP contribution >= 0.6 is 11.8 Å². The molecular formula is C7H10N2O2S. The molecule has 1 N–H and O–H groups in total. The lowest BCUT2D eigenvalue weighted by molar-refractivity contribution is -0.120. The molecule has 1 aromatic rings. The number of Topliss-reactive ketones (excluding diaryl/α,β-unsaturated/α-hetero) is 1. The van der Waals surface area contributed by atoms with Crippen molar-refractivity contribution in [3.8, 4) is 0 Å². The summed E-state index contributed by atoms with van der Waals surface area (Å²) in [6.07, 6.45) is 3.38. The van der Waals surface area contributed by atoms with Crippen molar-refractivity contribution < 1.29 is 9.53 Å². The van der Waals surface area contributed by atoms with E-state index >= 15 is 0 Å². The summed E-state index contributed by atoms with van der Waals surface area (Å²) >= 11 is 1.38. The van der Waals surface area contributed by atoms with E-state index in [-0.39, 0.29) is 12.4 Å². The second kappa shape index (κ2) is 4.95. The van der Waals surface area contributed by atoms with E-state index in [1.165, 1.54) is 18.9 Å². The average molecular weight is 186 g/mol. The maximum Gasteiger partial charge on any atom is 0.168 e. The number of nitrogens with zero attached hydrogens (tertiary/aromatic N) is 1. The number of nitrogens with one attached hydrogen (secondary N) is 1. The lowest BCUT2D eigenvalue weighted by Crippen LogP contribution is -2.08. The molecule has 0 aliphatic carbocycles. The van der Waals surface area contributed by atoms with Crippen molar-refractivity contribution in [2.45, 2.75) is 5.16 Å². The van der Waals surface area contributed by atoms with Gasteiger partial charge in [0, 0.05) is 19.5 Å². The highest BCUT2D eigenvalue weighted by Crippen LogP contribution is 2.10. The first kappa shape index (κ1) is 9.28. The zero-order valence-electron chi connectivity index (χ0n) is 6.74. The van der Waals surface area contributed by atoms with Gasteiger partial charge in [-0.05, 0) is 0 Å². The number of rotatable bonds is 5. The molecule has 0 aliphatic rings. The van der Waals surface area contributed by atoms with Crippen molar-refractivity contribution >= 4 is 17.5 Å². The largest absolute Gasteiger partial charge is 0.377 e. The van der Waals surface area contributed by atoms with Crippen LogP contribution in [0.2, 0.25) is 0 Å². The van der Waals surface area contributed by atoms with E-state index in [1.54, 1.807) is 12.4 Å². The third-order valence-electron chi connectivity index (χ3n) is 1.15. The molecule has 0 unspecified atom stereocenters. The van der Waals surface area contributed by atoms with Crippen LogP contribution in [0.25, 0.3) is 0 Å². The van der Waals surface area contributed by atoms with E-state index in [9.17, 15) is 4.79 Å². The summed E-state index contributed by atoms with van der Waals surface area (Å²) in [5.41, 5.74) is 0. The average Bonchev–Trinajstić information content (AvgIpc) is 2.53. The molecule has 0 saturated heterocycles.